The molecule has 0 aromatic heterocycles. The van der Waals surface area contributed by atoms with Gasteiger partial charge >= 0.3 is 0 Å². The minimum atomic E-state index is 0.230. The molecule has 0 saturated heterocycles. The lowest BCUT2D eigenvalue weighted by molar-refractivity contribution is 0.0975. The van der Waals surface area contributed by atoms with Crippen molar-refractivity contribution >= 4 is 5.78 Å². The fourth-order valence-electron chi connectivity index (χ4n) is 1.79. The van der Waals surface area contributed by atoms with Crippen LogP contribution < -0.4 is 5.73 Å². The first-order chi connectivity index (χ1) is 8.17. The number of hydrogen-bond acceptors (Lipinski definition) is 2. The molecule has 0 radical (unpaired) electrons. The molecule has 0 aliphatic heterocycles. The van der Waals surface area contributed by atoms with Crippen LogP contribution in [0.15, 0.2) is 24.3 Å². The molecule has 0 aliphatic rings. The van der Waals surface area contributed by atoms with Crippen molar-refractivity contribution in [1.29, 1.82) is 0 Å². The summed E-state index contributed by atoms with van der Waals surface area (Å²) in [6.45, 7) is 4.90. The molecule has 1 aromatic rings. The highest BCUT2D eigenvalue weighted by molar-refractivity contribution is 5.96. The molecule has 2 nitrogen and oxygen atoms in total. The van der Waals surface area contributed by atoms with Crippen LogP contribution >= 0.6 is 0 Å². The second-order valence-electron chi connectivity index (χ2n) is 4.75. The molecule has 1 atom stereocenters. The largest absolute Gasteiger partial charge is 0.330 e. The Morgan fingerprint density at radius 2 is 1.94 bits per heavy atom. The minimum Gasteiger partial charge on any atom is -0.330 e. The van der Waals surface area contributed by atoms with Gasteiger partial charge in [0, 0.05) is 12.0 Å². The van der Waals surface area contributed by atoms with Crippen molar-refractivity contribution in [2.75, 3.05) is 6.54 Å². The Balaban J connectivity index is 2.51. The fourth-order valence-corrected chi connectivity index (χ4v) is 1.79. The van der Waals surface area contributed by atoms with Crippen molar-refractivity contribution in [2.24, 2.45) is 11.7 Å². The van der Waals surface area contributed by atoms with Crippen molar-refractivity contribution in [2.45, 2.75) is 39.5 Å². The lowest BCUT2D eigenvalue weighted by Gasteiger charge is -2.07. The number of ketones is 1. The molecule has 0 heterocycles. The number of carbonyl (C=O) groups is 1. The molecule has 0 spiro atoms. The third-order valence-corrected chi connectivity index (χ3v) is 3.08. The Hall–Kier alpha value is -1.15. The van der Waals surface area contributed by atoms with Crippen molar-refractivity contribution in [3.8, 4) is 0 Å². The van der Waals surface area contributed by atoms with Crippen molar-refractivity contribution in [1.82, 2.24) is 0 Å². The van der Waals surface area contributed by atoms with Gasteiger partial charge in [-0.3, -0.25) is 4.79 Å². The number of carbonyl (C=O) groups excluding carboxylic acids is 1. The summed E-state index contributed by atoms with van der Waals surface area (Å²) in [6, 6.07) is 8.01. The third-order valence-electron chi connectivity index (χ3n) is 3.08. The number of hydrogen-bond donors (Lipinski definition) is 1. The molecule has 2 N–H and O–H groups in total. The molecular formula is C15H23NO. The van der Waals surface area contributed by atoms with Gasteiger partial charge in [-0.1, -0.05) is 44.5 Å². The summed E-state index contributed by atoms with van der Waals surface area (Å²) < 4.78 is 0. The SMILES string of the molecule is CCCc1ccc(C(=O)CCC(C)CN)cc1. The van der Waals surface area contributed by atoms with E-state index in [0.717, 1.165) is 24.8 Å². The van der Waals surface area contributed by atoms with Gasteiger partial charge in [-0.25, -0.2) is 0 Å². The van der Waals surface area contributed by atoms with Gasteiger partial charge in [0.05, 0.1) is 0 Å². The van der Waals surface area contributed by atoms with Gasteiger partial charge in [0.15, 0.2) is 5.78 Å². The summed E-state index contributed by atoms with van der Waals surface area (Å²) >= 11 is 0. The Morgan fingerprint density at radius 3 is 2.47 bits per heavy atom. The molecule has 0 aliphatic carbocycles. The van der Waals surface area contributed by atoms with Gasteiger partial charge in [-0.15, -0.1) is 0 Å². The molecule has 17 heavy (non-hydrogen) atoms. The topological polar surface area (TPSA) is 43.1 Å². The van der Waals surface area contributed by atoms with E-state index in [0.29, 0.717) is 18.9 Å². The normalized spacial score (nSPS) is 12.4. The summed E-state index contributed by atoms with van der Waals surface area (Å²) in [5.74, 6) is 0.659. The molecule has 94 valence electrons. The molecule has 0 amide bonds. The molecule has 1 aromatic carbocycles. The van der Waals surface area contributed by atoms with E-state index in [-0.39, 0.29) is 5.78 Å². The van der Waals surface area contributed by atoms with E-state index in [1.54, 1.807) is 0 Å². The lowest BCUT2D eigenvalue weighted by atomic mass is 9.99. The first kappa shape index (κ1) is 13.9. The highest BCUT2D eigenvalue weighted by Crippen LogP contribution is 2.12. The maximum absolute atomic E-state index is 11.9. The first-order valence-electron chi connectivity index (χ1n) is 6.49. The zero-order valence-electron chi connectivity index (χ0n) is 10.9. The van der Waals surface area contributed by atoms with Gasteiger partial charge in [0.1, 0.15) is 0 Å². The number of nitrogens with two attached hydrogens (primary N) is 1. The van der Waals surface area contributed by atoms with Crippen LogP contribution in [-0.2, 0) is 6.42 Å². The summed E-state index contributed by atoms with van der Waals surface area (Å²) in [6.07, 6.45) is 3.71. The first-order valence-corrected chi connectivity index (χ1v) is 6.49. The van der Waals surface area contributed by atoms with E-state index in [1.807, 2.05) is 12.1 Å². The van der Waals surface area contributed by atoms with Gasteiger partial charge in [0.2, 0.25) is 0 Å². The van der Waals surface area contributed by atoms with Crippen LogP contribution in [0.2, 0.25) is 0 Å². The Morgan fingerprint density at radius 1 is 1.29 bits per heavy atom. The standard InChI is InChI=1S/C15H23NO/c1-3-4-13-6-8-14(9-7-13)15(17)10-5-12(2)11-16/h6-9,12H,3-5,10-11,16H2,1-2H3. The second kappa shape index (κ2) is 7.23. The van der Waals surface area contributed by atoms with Crippen LogP contribution in [0.5, 0.6) is 0 Å². The highest BCUT2D eigenvalue weighted by atomic mass is 16.1. The van der Waals surface area contributed by atoms with E-state index in [1.165, 1.54) is 5.56 Å². The zero-order valence-corrected chi connectivity index (χ0v) is 10.9. The van der Waals surface area contributed by atoms with E-state index in [9.17, 15) is 4.79 Å². The summed E-state index contributed by atoms with van der Waals surface area (Å²) in [5.41, 5.74) is 7.67. The van der Waals surface area contributed by atoms with Crippen LogP contribution in [0.3, 0.4) is 0 Å². The van der Waals surface area contributed by atoms with Crippen molar-refractivity contribution in [3.05, 3.63) is 35.4 Å². The zero-order chi connectivity index (χ0) is 12.7. The molecular weight excluding hydrogens is 210 g/mol. The van der Waals surface area contributed by atoms with E-state index < -0.39 is 0 Å². The second-order valence-corrected chi connectivity index (χ2v) is 4.75. The molecule has 0 bridgehead atoms. The Labute approximate surface area is 104 Å². The summed E-state index contributed by atoms with van der Waals surface area (Å²) in [7, 11) is 0. The van der Waals surface area contributed by atoms with Gasteiger partial charge in [-0.2, -0.15) is 0 Å². The lowest BCUT2D eigenvalue weighted by Crippen LogP contribution is -2.12. The third kappa shape index (κ3) is 4.70. The fraction of sp³-hybridized carbons (Fsp3) is 0.533. The van der Waals surface area contributed by atoms with E-state index >= 15 is 0 Å². The maximum atomic E-state index is 11.9. The van der Waals surface area contributed by atoms with Gasteiger partial charge < -0.3 is 5.73 Å². The minimum absolute atomic E-state index is 0.230. The maximum Gasteiger partial charge on any atom is 0.162 e. The average molecular weight is 233 g/mol. The number of rotatable bonds is 7. The van der Waals surface area contributed by atoms with E-state index in [2.05, 4.69) is 26.0 Å². The van der Waals surface area contributed by atoms with Gasteiger partial charge in [-0.05, 0) is 30.9 Å². The Kier molecular flexibility index (Phi) is 5.92. The quantitative estimate of drug-likeness (QED) is 0.735. The summed E-state index contributed by atoms with van der Waals surface area (Å²) in [5, 5.41) is 0. The number of Topliss-reactive ketones (excluding diaryl/α,β-unsaturated/α-hetero) is 1. The van der Waals surface area contributed by atoms with Crippen LogP contribution in [0.25, 0.3) is 0 Å². The van der Waals surface area contributed by atoms with E-state index in [4.69, 9.17) is 5.73 Å². The summed E-state index contributed by atoms with van der Waals surface area (Å²) in [4.78, 5) is 11.9. The smallest absolute Gasteiger partial charge is 0.162 e. The molecule has 1 unspecified atom stereocenters. The molecule has 1 rings (SSSR count). The predicted molar refractivity (Wildman–Crippen MR) is 72.2 cm³/mol. The van der Waals surface area contributed by atoms with Gasteiger partial charge in [0.25, 0.3) is 0 Å². The monoisotopic (exact) mass is 233 g/mol. The number of benzene rings is 1. The average Bonchev–Trinajstić information content (AvgIpc) is 2.36. The van der Waals surface area contributed by atoms with Crippen LogP contribution in [-0.4, -0.2) is 12.3 Å². The molecule has 0 fully saturated rings. The highest BCUT2D eigenvalue weighted by Gasteiger charge is 2.08. The predicted octanol–water partition coefficient (Wildman–Crippen LogP) is 3.20. The van der Waals surface area contributed by atoms with Crippen LogP contribution in [0, 0.1) is 5.92 Å². The van der Waals surface area contributed by atoms with Crippen molar-refractivity contribution < 1.29 is 4.79 Å². The Bertz CT molecular complexity index is 342. The van der Waals surface area contributed by atoms with Crippen LogP contribution in [0.1, 0.15) is 49.0 Å². The number of aryl methyl sites for hydroxylation is 1. The van der Waals surface area contributed by atoms with Crippen LogP contribution in [0.4, 0.5) is 0 Å². The molecule has 0 saturated carbocycles. The van der Waals surface area contributed by atoms with Crippen molar-refractivity contribution in [3.63, 3.8) is 0 Å². The molecule has 2 heteroatoms.